The van der Waals surface area contributed by atoms with E-state index in [0.717, 1.165) is 16.0 Å². The molecular weight excluding hydrogens is 256 g/mol. The molecule has 1 aliphatic heterocycles. The molecule has 1 N–H and O–H groups in total. The Balaban J connectivity index is 2.11. The van der Waals surface area contributed by atoms with Gasteiger partial charge in [-0.25, -0.2) is 0 Å². The molecule has 0 aliphatic carbocycles. The number of amides is 3. The highest BCUT2D eigenvalue weighted by Crippen LogP contribution is 2.19. The molecule has 2 rings (SSSR count). The van der Waals surface area contributed by atoms with Gasteiger partial charge in [0.1, 0.15) is 6.04 Å². The van der Waals surface area contributed by atoms with Gasteiger partial charge in [-0.3, -0.25) is 19.3 Å². The SMILES string of the molecule is Cc1ccc(NC(=O)[C@H](C)N2C(=O)CCC2=O)c(C)c1. The monoisotopic (exact) mass is 274 g/mol. The molecule has 5 nitrogen and oxygen atoms in total. The van der Waals surface area contributed by atoms with Gasteiger partial charge in [-0.1, -0.05) is 17.7 Å². The summed E-state index contributed by atoms with van der Waals surface area (Å²) in [6.45, 7) is 5.45. The number of likely N-dealkylation sites (tertiary alicyclic amines) is 1. The number of anilines is 1. The summed E-state index contributed by atoms with van der Waals surface area (Å²) < 4.78 is 0. The van der Waals surface area contributed by atoms with Gasteiger partial charge >= 0.3 is 0 Å². The second-order valence-corrected chi connectivity index (χ2v) is 5.14. The van der Waals surface area contributed by atoms with Gasteiger partial charge in [0.25, 0.3) is 0 Å². The van der Waals surface area contributed by atoms with E-state index in [9.17, 15) is 14.4 Å². The van der Waals surface area contributed by atoms with Gasteiger partial charge < -0.3 is 5.32 Å². The third-order valence-electron chi connectivity index (χ3n) is 3.50. The lowest BCUT2D eigenvalue weighted by atomic mass is 10.1. The number of carbonyl (C=O) groups is 3. The van der Waals surface area contributed by atoms with Gasteiger partial charge in [0.2, 0.25) is 17.7 Å². The van der Waals surface area contributed by atoms with Gasteiger partial charge in [-0.05, 0) is 32.4 Å². The first kappa shape index (κ1) is 14.2. The summed E-state index contributed by atoms with van der Waals surface area (Å²) >= 11 is 0. The number of hydrogen-bond acceptors (Lipinski definition) is 3. The summed E-state index contributed by atoms with van der Waals surface area (Å²) in [5.41, 5.74) is 2.76. The Morgan fingerprint density at radius 2 is 1.80 bits per heavy atom. The number of nitrogens with one attached hydrogen (secondary N) is 1. The van der Waals surface area contributed by atoms with E-state index in [2.05, 4.69) is 5.32 Å². The van der Waals surface area contributed by atoms with Crippen LogP contribution in [0.2, 0.25) is 0 Å². The van der Waals surface area contributed by atoms with E-state index in [-0.39, 0.29) is 30.6 Å². The number of carbonyl (C=O) groups excluding carboxylic acids is 3. The van der Waals surface area contributed by atoms with Crippen LogP contribution < -0.4 is 5.32 Å². The first-order valence-corrected chi connectivity index (χ1v) is 6.63. The third-order valence-corrected chi connectivity index (χ3v) is 3.50. The topological polar surface area (TPSA) is 66.5 Å². The Hall–Kier alpha value is -2.17. The maximum atomic E-state index is 12.2. The van der Waals surface area contributed by atoms with Gasteiger partial charge in [-0.2, -0.15) is 0 Å². The predicted molar refractivity (Wildman–Crippen MR) is 75.1 cm³/mol. The van der Waals surface area contributed by atoms with Gasteiger partial charge in [-0.15, -0.1) is 0 Å². The molecule has 0 aromatic heterocycles. The standard InChI is InChI=1S/C15H18N2O3/c1-9-4-5-12(10(2)8-9)16-15(20)11(3)17-13(18)6-7-14(17)19/h4-5,8,11H,6-7H2,1-3H3,(H,16,20)/t11-/m0/s1. The van der Waals surface area contributed by atoms with E-state index in [4.69, 9.17) is 0 Å². The second-order valence-electron chi connectivity index (χ2n) is 5.14. The first-order chi connectivity index (χ1) is 9.40. The summed E-state index contributed by atoms with van der Waals surface area (Å²) in [5, 5.41) is 2.77. The summed E-state index contributed by atoms with van der Waals surface area (Å²) in [6, 6.07) is 4.91. The quantitative estimate of drug-likeness (QED) is 0.854. The molecular formula is C15H18N2O3. The van der Waals surface area contributed by atoms with Crippen molar-refractivity contribution in [1.82, 2.24) is 4.90 Å². The zero-order valence-electron chi connectivity index (χ0n) is 11.9. The largest absolute Gasteiger partial charge is 0.324 e. The average molecular weight is 274 g/mol. The van der Waals surface area contributed by atoms with E-state index in [1.54, 1.807) is 6.92 Å². The molecule has 1 heterocycles. The van der Waals surface area contributed by atoms with Crippen LogP contribution in [0.15, 0.2) is 18.2 Å². The van der Waals surface area contributed by atoms with E-state index >= 15 is 0 Å². The summed E-state index contributed by atoms with van der Waals surface area (Å²) in [6.07, 6.45) is 0.389. The Kier molecular flexibility index (Phi) is 3.88. The van der Waals surface area contributed by atoms with Crippen molar-refractivity contribution in [2.24, 2.45) is 0 Å². The predicted octanol–water partition coefficient (Wildman–Crippen LogP) is 1.78. The minimum absolute atomic E-state index is 0.194. The number of nitrogens with zero attached hydrogens (tertiary/aromatic N) is 1. The van der Waals surface area contributed by atoms with Crippen molar-refractivity contribution in [1.29, 1.82) is 0 Å². The molecule has 1 atom stereocenters. The molecule has 3 amide bonds. The van der Waals surface area contributed by atoms with Gasteiger partial charge in [0.15, 0.2) is 0 Å². The Bertz CT molecular complexity index is 564. The number of hydrogen-bond donors (Lipinski definition) is 1. The fourth-order valence-corrected chi connectivity index (χ4v) is 2.33. The fourth-order valence-electron chi connectivity index (χ4n) is 2.33. The van der Waals surface area contributed by atoms with Crippen LogP contribution in [0.1, 0.15) is 30.9 Å². The van der Waals surface area contributed by atoms with Crippen molar-refractivity contribution >= 4 is 23.4 Å². The molecule has 0 radical (unpaired) electrons. The Morgan fingerprint density at radius 1 is 1.20 bits per heavy atom. The molecule has 5 heteroatoms. The number of aryl methyl sites for hydroxylation is 2. The summed E-state index contributed by atoms with van der Waals surface area (Å²) in [7, 11) is 0. The lowest BCUT2D eigenvalue weighted by molar-refractivity contribution is -0.144. The van der Waals surface area contributed by atoms with Gasteiger partial charge in [0.05, 0.1) is 0 Å². The normalized spacial score (nSPS) is 16.4. The maximum absolute atomic E-state index is 12.2. The van der Waals surface area contributed by atoms with Crippen molar-refractivity contribution in [2.75, 3.05) is 5.32 Å². The fraction of sp³-hybridized carbons (Fsp3) is 0.400. The van der Waals surface area contributed by atoms with Crippen LogP contribution in [0.25, 0.3) is 0 Å². The molecule has 1 saturated heterocycles. The first-order valence-electron chi connectivity index (χ1n) is 6.63. The highest BCUT2D eigenvalue weighted by Gasteiger charge is 2.36. The van der Waals surface area contributed by atoms with Crippen molar-refractivity contribution in [3.63, 3.8) is 0 Å². The molecule has 1 fully saturated rings. The zero-order valence-corrected chi connectivity index (χ0v) is 11.9. The summed E-state index contributed by atoms with van der Waals surface area (Å²) in [5.74, 6) is -0.905. The van der Waals surface area contributed by atoms with Crippen molar-refractivity contribution in [3.8, 4) is 0 Å². The van der Waals surface area contributed by atoms with E-state index in [1.807, 2.05) is 32.0 Å². The number of imide groups is 1. The minimum Gasteiger partial charge on any atom is -0.324 e. The molecule has 106 valence electrons. The third kappa shape index (κ3) is 2.71. The molecule has 1 aromatic carbocycles. The van der Waals surface area contributed by atoms with Crippen molar-refractivity contribution in [3.05, 3.63) is 29.3 Å². The molecule has 0 saturated carbocycles. The van der Waals surface area contributed by atoms with Crippen LogP contribution in [0.3, 0.4) is 0 Å². The molecule has 20 heavy (non-hydrogen) atoms. The molecule has 1 aliphatic rings. The van der Waals surface area contributed by atoms with E-state index in [0.29, 0.717) is 5.69 Å². The van der Waals surface area contributed by atoms with Crippen LogP contribution in [0.5, 0.6) is 0 Å². The van der Waals surface area contributed by atoms with Gasteiger partial charge in [0, 0.05) is 18.5 Å². The molecule has 1 aromatic rings. The molecule has 0 spiro atoms. The average Bonchev–Trinajstić information content (AvgIpc) is 2.71. The smallest absolute Gasteiger partial charge is 0.247 e. The number of rotatable bonds is 3. The summed E-state index contributed by atoms with van der Waals surface area (Å²) in [4.78, 5) is 36.5. The van der Waals surface area contributed by atoms with Crippen molar-refractivity contribution in [2.45, 2.75) is 39.7 Å². The lowest BCUT2D eigenvalue weighted by Crippen LogP contribution is -2.45. The van der Waals surface area contributed by atoms with E-state index in [1.165, 1.54) is 0 Å². The minimum atomic E-state index is -0.779. The zero-order chi connectivity index (χ0) is 14.9. The lowest BCUT2D eigenvalue weighted by Gasteiger charge is -2.22. The highest BCUT2D eigenvalue weighted by atomic mass is 16.2. The molecule has 0 unspecified atom stereocenters. The highest BCUT2D eigenvalue weighted by molar-refractivity contribution is 6.07. The van der Waals surface area contributed by atoms with E-state index < -0.39 is 6.04 Å². The maximum Gasteiger partial charge on any atom is 0.247 e. The molecule has 0 bridgehead atoms. The Morgan fingerprint density at radius 3 is 2.35 bits per heavy atom. The van der Waals surface area contributed by atoms with Crippen molar-refractivity contribution < 1.29 is 14.4 Å². The van der Waals surface area contributed by atoms with Crippen LogP contribution >= 0.6 is 0 Å². The second kappa shape index (κ2) is 5.45. The van der Waals surface area contributed by atoms with Crippen LogP contribution in [-0.4, -0.2) is 28.7 Å². The Labute approximate surface area is 118 Å². The van der Waals surface area contributed by atoms with Crippen LogP contribution in [-0.2, 0) is 14.4 Å². The van der Waals surface area contributed by atoms with Crippen LogP contribution in [0, 0.1) is 13.8 Å². The number of benzene rings is 1. The van der Waals surface area contributed by atoms with Crippen LogP contribution in [0.4, 0.5) is 5.69 Å².